The van der Waals surface area contributed by atoms with Gasteiger partial charge >= 0.3 is 0 Å². The number of nitrogen functional groups attached to an aromatic ring is 1. The van der Waals surface area contributed by atoms with E-state index in [9.17, 15) is 4.39 Å². The molecule has 2 aromatic heterocycles. The summed E-state index contributed by atoms with van der Waals surface area (Å²) < 4.78 is 19.9. The Labute approximate surface area is 80.1 Å². The predicted octanol–water partition coefficient (Wildman–Crippen LogP) is 1.71. The number of halogens is 1. The maximum absolute atomic E-state index is 13.5. The third-order valence-corrected chi connectivity index (χ3v) is 2.11. The van der Waals surface area contributed by atoms with Crippen molar-refractivity contribution in [1.29, 1.82) is 0 Å². The summed E-state index contributed by atoms with van der Waals surface area (Å²) in [5.41, 5.74) is 6.44. The lowest BCUT2D eigenvalue weighted by molar-refractivity contribution is 0.566. The molecule has 4 nitrogen and oxygen atoms in total. The zero-order valence-electron chi connectivity index (χ0n) is 7.91. The van der Waals surface area contributed by atoms with Crippen LogP contribution in [0.2, 0.25) is 0 Å². The normalized spacial score (nSPS) is 10.8. The fourth-order valence-electron chi connectivity index (χ4n) is 1.27. The molecule has 2 aromatic rings. The molecule has 2 heterocycles. The molecule has 0 unspecified atom stereocenters. The SMILES string of the molecule is Cc1ccoc1-c1nn(C)c(N)c1F. The van der Waals surface area contributed by atoms with Crippen molar-refractivity contribution in [2.24, 2.45) is 7.05 Å². The molecule has 0 aliphatic rings. The van der Waals surface area contributed by atoms with Gasteiger partial charge in [-0.3, -0.25) is 0 Å². The van der Waals surface area contributed by atoms with E-state index in [4.69, 9.17) is 10.2 Å². The van der Waals surface area contributed by atoms with Crippen LogP contribution in [0.5, 0.6) is 0 Å². The first-order valence-corrected chi connectivity index (χ1v) is 4.13. The van der Waals surface area contributed by atoms with Crippen LogP contribution >= 0.6 is 0 Å². The minimum atomic E-state index is -0.537. The van der Waals surface area contributed by atoms with Gasteiger partial charge in [-0.25, -0.2) is 9.07 Å². The Hall–Kier alpha value is -1.78. The molecule has 0 bridgehead atoms. The molecule has 14 heavy (non-hydrogen) atoms. The highest BCUT2D eigenvalue weighted by Crippen LogP contribution is 2.27. The highest BCUT2D eigenvalue weighted by molar-refractivity contribution is 5.61. The van der Waals surface area contributed by atoms with Crippen molar-refractivity contribution in [3.05, 3.63) is 23.7 Å². The molecule has 0 fully saturated rings. The van der Waals surface area contributed by atoms with Crippen LogP contribution in [0.25, 0.3) is 11.5 Å². The molecule has 0 spiro atoms. The number of hydrogen-bond donors (Lipinski definition) is 1. The van der Waals surface area contributed by atoms with E-state index in [1.165, 1.54) is 10.9 Å². The lowest BCUT2D eigenvalue weighted by atomic mass is 10.2. The van der Waals surface area contributed by atoms with Gasteiger partial charge in [-0.2, -0.15) is 5.10 Å². The van der Waals surface area contributed by atoms with Crippen LogP contribution in [0.15, 0.2) is 16.7 Å². The zero-order chi connectivity index (χ0) is 10.3. The molecule has 0 aliphatic heterocycles. The molecule has 5 heteroatoms. The number of hydrogen-bond acceptors (Lipinski definition) is 3. The van der Waals surface area contributed by atoms with Crippen molar-refractivity contribution in [2.45, 2.75) is 6.92 Å². The van der Waals surface area contributed by atoms with Crippen LogP contribution in [0.3, 0.4) is 0 Å². The topological polar surface area (TPSA) is 57.0 Å². The Balaban J connectivity index is 2.63. The predicted molar refractivity (Wildman–Crippen MR) is 50.0 cm³/mol. The summed E-state index contributed by atoms with van der Waals surface area (Å²) in [5.74, 6) is -0.101. The van der Waals surface area contributed by atoms with Crippen LogP contribution in [-0.4, -0.2) is 9.78 Å². The minimum absolute atomic E-state index is 0.0100. The van der Waals surface area contributed by atoms with E-state index in [1.54, 1.807) is 13.1 Å². The number of aryl methyl sites for hydroxylation is 2. The molecule has 0 amide bonds. The Morgan fingerprint density at radius 1 is 1.57 bits per heavy atom. The lowest BCUT2D eigenvalue weighted by Crippen LogP contribution is -1.97. The van der Waals surface area contributed by atoms with Gasteiger partial charge in [0.1, 0.15) is 0 Å². The molecular weight excluding hydrogens is 185 g/mol. The summed E-state index contributed by atoms with van der Waals surface area (Å²) >= 11 is 0. The van der Waals surface area contributed by atoms with Crippen molar-refractivity contribution in [3.63, 3.8) is 0 Å². The van der Waals surface area contributed by atoms with Gasteiger partial charge < -0.3 is 10.2 Å². The molecule has 2 rings (SSSR count). The van der Waals surface area contributed by atoms with Gasteiger partial charge in [0.25, 0.3) is 0 Å². The largest absolute Gasteiger partial charge is 0.462 e. The first-order chi connectivity index (χ1) is 6.61. The molecule has 0 saturated carbocycles. The number of rotatable bonds is 1. The van der Waals surface area contributed by atoms with E-state index < -0.39 is 5.82 Å². The Morgan fingerprint density at radius 2 is 2.29 bits per heavy atom. The average molecular weight is 195 g/mol. The van der Waals surface area contributed by atoms with Crippen LogP contribution in [-0.2, 0) is 7.05 Å². The summed E-state index contributed by atoms with van der Waals surface area (Å²) in [6.45, 7) is 1.82. The second-order valence-electron chi connectivity index (χ2n) is 3.10. The maximum Gasteiger partial charge on any atom is 0.196 e. The third-order valence-electron chi connectivity index (χ3n) is 2.11. The fourth-order valence-corrected chi connectivity index (χ4v) is 1.27. The molecule has 0 aliphatic carbocycles. The van der Waals surface area contributed by atoms with Crippen molar-refractivity contribution in [1.82, 2.24) is 9.78 Å². The number of furan rings is 1. The highest BCUT2D eigenvalue weighted by atomic mass is 19.1. The smallest absolute Gasteiger partial charge is 0.196 e. The van der Waals surface area contributed by atoms with Gasteiger partial charge in [0.2, 0.25) is 0 Å². The second kappa shape index (κ2) is 2.87. The van der Waals surface area contributed by atoms with E-state index >= 15 is 0 Å². The standard InChI is InChI=1S/C9H10FN3O/c1-5-3-4-14-8(5)7-6(10)9(11)13(2)12-7/h3-4H,11H2,1-2H3. The monoisotopic (exact) mass is 195 g/mol. The Morgan fingerprint density at radius 3 is 2.71 bits per heavy atom. The van der Waals surface area contributed by atoms with Crippen molar-refractivity contribution >= 4 is 5.82 Å². The van der Waals surface area contributed by atoms with E-state index in [1.807, 2.05) is 6.92 Å². The molecule has 2 N–H and O–H groups in total. The van der Waals surface area contributed by atoms with Gasteiger partial charge in [0.05, 0.1) is 6.26 Å². The van der Waals surface area contributed by atoms with Crippen molar-refractivity contribution < 1.29 is 8.81 Å². The number of anilines is 1. The summed E-state index contributed by atoms with van der Waals surface area (Å²) in [7, 11) is 1.58. The molecular formula is C9H10FN3O. The van der Waals surface area contributed by atoms with Gasteiger partial charge in [-0.15, -0.1) is 0 Å². The van der Waals surface area contributed by atoms with E-state index in [2.05, 4.69) is 5.10 Å². The third kappa shape index (κ3) is 1.09. The first-order valence-electron chi connectivity index (χ1n) is 4.13. The highest BCUT2D eigenvalue weighted by Gasteiger charge is 2.18. The zero-order valence-corrected chi connectivity index (χ0v) is 7.91. The summed E-state index contributed by atoms with van der Waals surface area (Å²) in [5, 5.41) is 3.94. The molecule has 74 valence electrons. The quantitative estimate of drug-likeness (QED) is 0.753. The van der Waals surface area contributed by atoms with Gasteiger partial charge in [0.15, 0.2) is 23.1 Å². The molecule has 0 atom stereocenters. The summed E-state index contributed by atoms with van der Waals surface area (Å²) in [4.78, 5) is 0. The van der Waals surface area contributed by atoms with Gasteiger partial charge in [-0.1, -0.05) is 0 Å². The van der Waals surface area contributed by atoms with Gasteiger partial charge in [0, 0.05) is 7.05 Å². The summed E-state index contributed by atoms with van der Waals surface area (Å²) in [6.07, 6.45) is 1.50. The van der Waals surface area contributed by atoms with E-state index in [0.29, 0.717) is 5.76 Å². The van der Waals surface area contributed by atoms with Crippen LogP contribution in [0.1, 0.15) is 5.56 Å². The number of aromatic nitrogens is 2. The second-order valence-corrected chi connectivity index (χ2v) is 3.10. The molecule has 0 aromatic carbocycles. The Kier molecular flexibility index (Phi) is 1.80. The molecule has 0 saturated heterocycles. The van der Waals surface area contributed by atoms with Crippen LogP contribution in [0.4, 0.5) is 10.2 Å². The lowest BCUT2D eigenvalue weighted by Gasteiger charge is -1.91. The number of nitrogens with zero attached hydrogens (tertiary/aromatic N) is 2. The van der Waals surface area contributed by atoms with Crippen molar-refractivity contribution in [3.8, 4) is 11.5 Å². The molecule has 0 radical (unpaired) electrons. The van der Waals surface area contributed by atoms with Crippen molar-refractivity contribution in [2.75, 3.05) is 5.73 Å². The van der Waals surface area contributed by atoms with E-state index in [0.717, 1.165) is 5.56 Å². The van der Waals surface area contributed by atoms with E-state index in [-0.39, 0.29) is 11.5 Å². The maximum atomic E-state index is 13.5. The number of nitrogens with two attached hydrogens (primary N) is 1. The van der Waals surface area contributed by atoms with Gasteiger partial charge in [-0.05, 0) is 18.6 Å². The van der Waals surface area contributed by atoms with Crippen LogP contribution in [0, 0.1) is 12.7 Å². The minimum Gasteiger partial charge on any atom is -0.462 e. The fraction of sp³-hybridized carbons (Fsp3) is 0.222. The average Bonchev–Trinajstić information content (AvgIpc) is 2.66. The van der Waals surface area contributed by atoms with Crippen LogP contribution < -0.4 is 5.73 Å². The Bertz CT molecular complexity index is 472. The first kappa shape index (κ1) is 8.80. The summed E-state index contributed by atoms with van der Waals surface area (Å²) in [6, 6.07) is 1.75.